The first-order valence-electron chi connectivity index (χ1n) is 5.71. The Hall–Kier alpha value is -0.880. The average Bonchev–Trinajstić information content (AvgIpc) is 2.36. The zero-order valence-electron chi connectivity index (χ0n) is 10.0. The molecular formula is C11H16BrN3O2. The molecule has 2 heterocycles. The van der Waals surface area contributed by atoms with Crippen LogP contribution in [-0.4, -0.2) is 35.6 Å². The first-order chi connectivity index (χ1) is 8.13. The molecule has 1 aromatic rings. The van der Waals surface area contributed by atoms with E-state index >= 15 is 0 Å². The lowest BCUT2D eigenvalue weighted by molar-refractivity contribution is 0.0383. The number of hydrogen-bond donors (Lipinski definition) is 0. The van der Waals surface area contributed by atoms with Gasteiger partial charge in [0.15, 0.2) is 0 Å². The third-order valence-electron chi connectivity index (χ3n) is 2.99. The topological polar surface area (TPSA) is 47.4 Å². The number of morpholine rings is 1. The minimum atomic E-state index is -0.109. The number of halogens is 1. The van der Waals surface area contributed by atoms with E-state index in [0.29, 0.717) is 11.1 Å². The zero-order valence-corrected chi connectivity index (χ0v) is 11.6. The molecule has 0 N–H and O–H groups in total. The van der Waals surface area contributed by atoms with Crippen molar-refractivity contribution in [1.29, 1.82) is 0 Å². The van der Waals surface area contributed by atoms with Crippen molar-refractivity contribution in [3.63, 3.8) is 0 Å². The minimum Gasteiger partial charge on any atom is -0.375 e. The van der Waals surface area contributed by atoms with Gasteiger partial charge in [-0.3, -0.25) is 4.79 Å². The molecule has 0 amide bonds. The van der Waals surface area contributed by atoms with E-state index in [1.807, 2.05) is 0 Å². The normalized spacial score (nSPS) is 20.6. The highest BCUT2D eigenvalue weighted by Crippen LogP contribution is 2.23. The van der Waals surface area contributed by atoms with Crippen LogP contribution in [0.25, 0.3) is 0 Å². The second-order valence-electron chi connectivity index (χ2n) is 4.12. The van der Waals surface area contributed by atoms with Crippen molar-refractivity contribution < 1.29 is 4.74 Å². The van der Waals surface area contributed by atoms with Crippen molar-refractivity contribution in [1.82, 2.24) is 9.78 Å². The maximum absolute atomic E-state index is 11.8. The van der Waals surface area contributed by atoms with Crippen LogP contribution >= 0.6 is 15.9 Å². The largest absolute Gasteiger partial charge is 0.375 e. The molecule has 2 rings (SSSR count). The molecule has 0 saturated carbocycles. The molecule has 17 heavy (non-hydrogen) atoms. The second kappa shape index (κ2) is 5.18. The van der Waals surface area contributed by atoms with E-state index in [1.165, 1.54) is 4.68 Å². The van der Waals surface area contributed by atoms with Gasteiger partial charge in [-0.05, 0) is 22.4 Å². The Labute approximate surface area is 109 Å². The van der Waals surface area contributed by atoms with Crippen molar-refractivity contribution in [2.24, 2.45) is 7.05 Å². The number of hydrogen-bond acceptors (Lipinski definition) is 4. The number of ether oxygens (including phenoxy) is 1. The van der Waals surface area contributed by atoms with Gasteiger partial charge in [0.1, 0.15) is 4.47 Å². The summed E-state index contributed by atoms with van der Waals surface area (Å²) in [6.45, 7) is 4.40. The maximum atomic E-state index is 11.8. The third kappa shape index (κ3) is 2.52. The summed E-state index contributed by atoms with van der Waals surface area (Å²) in [6, 6.07) is 0. The lowest BCUT2D eigenvalue weighted by atomic mass is 10.2. The summed E-state index contributed by atoms with van der Waals surface area (Å²) in [5.41, 5.74) is 0.747. The molecule has 0 aliphatic carbocycles. The number of aryl methyl sites for hydroxylation is 1. The van der Waals surface area contributed by atoms with Gasteiger partial charge < -0.3 is 9.64 Å². The van der Waals surface area contributed by atoms with Gasteiger partial charge in [-0.15, -0.1) is 0 Å². The first kappa shape index (κ1) is 12.6. The first-order valence-corrected chi connectivity index (χ1v) is 6.51. The van der Waals surface area contributed by atoms with Gasteiger partial charge in [-0.25, -0.2) is 4.68 Å². The molecule has 1 aromatic heterocycles. The lowest BCUT2D eigenvalue weighted by Crippen LogP contribution is -2.43. The Morgan fingerprint density at radius 1 is 1.65 bits per heavy atom. The molecule has 1 atom stereocenters. The standard InChI is InChI=1S/C11H16BrN3O2/c1-3-8-7-15(4-5-17-8)9-6-13-14(2)11(16)10(9)12/h6,8H,3-5,7H2,1-2H3. The highest BCUT2D eigenvalue weighted by molar-refractivity contribution is 9.10. The average molecular weight is 302 g/mol. The van der Waals surface area contributed by atoms with Crippen LogP contribution in [0, 0.1) is 0 Å². The molecule has 1 aliphatic heterocycles. The fraction of sp³-hybridized carbons (Fsp3) is 0.636. The summed E-state index contributed by atoms with van der Waals surface area (Å²) in [7, 11) is 1.64. The van der Waals surface area contributed by atoms with E-state index < -0.39 is 0 Å². The third-order valence-corrected chi connectivity index (χ3v) is 3.74. The van der Waals surface area contributed by atoms with Crippen molar-refractivity contribution >= 4 is 21.6 Å². The monoisotopic (exact) mass is 301 g/mol. The molecule has 1 aliphatic rings. The Morgan fingerprint density at radius 3 is 3.12 bits per heavy atom. The number of rotatable bonds is 2. The molecule has 0 spiro atoms. The number of nitrogens with zero attached hydrogens (tertiary/aromatic N) is 3. The molecule has 0 bridgehead atoms. The van der Waals surface area contributed by atoms with Crippen molar-refractivity contribution in [3.8, 4) is 0 Å². The molecule has 94 valence electrons. The quantitative estimate of drug-likeness (QED) is 0.822. The van der Waals surface area contributed by atoms with Crippen LogP contribution in [0.2, 0.25) is 0 Å². The summed E-state index contributed by atoms with van der Waals surface area (Å²) in [5.74, 6) is 0. The molecule has 1 saturated heterocycles. The van der Waals surface area contributed by atoms with E-state index in [-0.39, 0.29) is 11.7 Å². The number of anilines is 1. The van der Waals surface area contributed by atoms with Crippen LogP contribution < -0.4 is 10.5 Å². The van der Waals surface area contributed by atoms with Crippen LogP contribution in [0.15, 0.2) is 15.5 Å². The fourth-order valence-electron chi connectivity index (χ4n) is 1.91. The summed E-state index contributed by atoms with van der Waals surface area (Å²) in [5, 5.41) is 4.06. The molecule has 0 radical (unpaired) electrons. The highest BCUT2D eigenvalue weighted by Gasteiger charge is 2.22. The van der Waals surface area contributed by atoms with Crippen LogP contribution in [0.5, 0.6) is 0 Å². The van der Waals surface area contributed by atoms with E-state index in [2.05, 4.69) is 32.9 Å². The van der Waals surface area contributed by atoms with Crippen molar-refractivity contribution in [3.05, 3.63) is 21.0 Å². The van der Waals surface area contributed by atoms with Crippen LogP contribution in [0.4, 0.5) is 5.69 Å². The van der Waals surface area contributed by atoms with Crippen molar-refractivity contribution in [2.45, 2.75) is 19.4 Å². The minimum absolute atomic E-state index is 0.109. The smallest absolute Gasteiger partial charge is 0.282 e. The van der Waals surface area contributed by atoms with Gasteiger partial charge in [0.25, 0.3) is 5.56 Å². The molecular weight excluding hydrogens is 286 g/mol. The van der Waals surface area contributed by atoms with E-state index in [0.717, 1.165) is 25.2 Å². The van der Waals surface area contributed by atoms with Gasteiger partial charge >= 0.3 is 0 Å². The molecule has 1 unspecified atom stereocenters. The SMILES string of the molecule is CCC1CN(c2cnn(C)c(=O)c2Br)CCO1. The Kier molecular flexibility index (Phi) is 3.83. The Balaban J connectivity index is 2.28. The summed E-state index contributed by atoms with van der Waals surface area (Å²) in [4.78, 5) is 13.9. The number of aromatic nitrogens is 2. The molecule has 5 nitrogen and oxygen atoms in total. The van der Waals surface area contributed by atoms with Gasteiger partial charge in [0.05, 0.1) is 24.6 Å². The maximum Gasteiger partial charge on any atom is 0.282 e. The van der Waals surface area contributed by atoms with E-state index in [1.54, 1.807) is 13.2 Å². The molecule has 0 aromatic carbocycles. The van der Waals surface area contributed by atoms with Crippen LogP contribution in [0.3, 0.4) is 0 Å². The molecule has 1 fully saturated rings. The lowest BCUT2D eigenvalue weighted by Gasteiger charge is -2.34. The van der Waals surface area contributed by atoms with Crippen LogP contribution in [0.1, 0.15) is 13.3 Å². The molecule has 6 heteroatoms. The van der Waals surface area contributed by atoms with Gasteiger partial charge in [0.2, 0.25) is 0 Å². The summed E-state index contributed by atoms with van der Waals surface area (Å²) >= 11 is 3.35. The summed E-state index contributed by atoms with van der Waals surface area (Å²) in [6.07, 6.45) is 2.94. The van der Waals surface area contributed by atoms with Crippen LogP contribution in [-0.2, 0) is 11.8 Å². The van der Waals surface area contributed by atoms with E-state index in [9.17, 15) is 4.79 Å². The highest BCUT2D eigenvalue weighted by atomic mass is 79.9. The van der Waals surface area contributed by atoms with Crippen molar-refractivity contribution in [2.75, 3.05) is 24.6 Å². The van der Waals surface area contributed by atoms with E-state index in [4.69, 9.17) is 4.74 Å². The Bertz CT molecular complexity index is 461. The zero-order chi connectivity index (χ0) is 12.4. The van der Waals surface area contributed by atoms with Gasteiger partial charge in [-0.1, -0.05) is 6.92 Å². The fourth-order valence-corrected chi connectivity index (χ4v) is 2.52. The summed E-state index contributed by atoms with van der Waals surface area (Å²) < 4.78 is 7.51. The second-order valence-corrected chi connectivity index (χ2v) is 4.91. The predicted octanol–water partition coefficient (Wildman–Crippen LogP) is 1.16. The Morgan fingerprint density at radius 2 is 2.41 bits per heavy atom. The van der Waals surface area contributed by atoms with Gasteiger partial charge in [0, 0.05) is 20.1 Å². The van der Waals surface area contributed by atoms with Gasteiger partial charge in [-0.2, -0.15) is 5.10 Å². The predicted molar refractivity (Wildman–Crippen MR) is 69.4 cm³/mol.